The van der Waals surface area contributed by atoms with Gasteiger partial charge in [-0.15, -0.1) is 0 Å². The molecule has 8 heavy (non-hydrogen) atoms. The van der Waals surface area contributed by atoms with Crippen LogP contribution >= 0.6 is 12.2 Å². The van der Waals surface area contributed by atoms with E-state index in [0.717, 1.165) is 16.7 Å². The Morgan fingerprint density at radius 2 is 2.12 bits per heavy atom. The van der Waals surface area contributed by atoms with Crippen LogP contribution in [-0.2, 0) is 0 Å². The van der Waals surface area contributed by atoms with E-state index in [4.69, 9.17) is 5.73 Å². The molecule has 0 saturated heterocycles. The summed E-state index contributed by atoms with van der Waals surface area (Å²) in [5, 5.41) is 2.08. The molecule has 3 heteroatoms. The maximum Gasteiger partial charge on any atom is 0.0238 e. The van der Waals surface area contributed by atoms with Crippen molar-refractivity contribution in [3.63, 3.8) is 0 Å². The van der Waals surface area contributed by atoms with E-state index in [9.17, 15) is 0 Å². The van der Waals surface area contributed by atoms with Crippen molar-refractivity contribution in [1.29, 1.82) is 0 Å². The van der Waals surface area contributed by atoms with Crippen molar-refractivity contribution in [2.75, 3.05) is 0 Å². The second-order valence-electron chi connectivity index (χ2n) is 1.53. The van der Waals surface area contributed by atoms with Gasteiger partial charge in [-0.05, 0) is 30.9 Å². The molecule has 0 fully saturated rings. The van der Waals surface area contributed by atoms with Gasteiger partial charge in [0, 0.05) is 10.2 Å². The highest BCUT2D eigenvalue weighted by Gasteiger charge is 1.79. The highest BCUT2D eigenvalue weighted by Crippen LogP contribution is 1.71. The summed E-state index contributed by atoms with van der Waals surface area (Å²) in [6.45, 7) is 5.16. The summed E-state index contributed by atoms with van der Waals surface area (Å²) < 4.78 is 0. The molecule has 1 nitrogen and oxygen atoms in total. The Labute approximate surface area is 59.4 Å². The minimum Gasteiger partial charge on any atom is -0.331 e. The van der Waals surface area contributed by atoms with Gasteiger partial charge in [-0.1, -0.05) is 11.9 Å². The second-order valence-corrected chi connectivity index (χ2v) is 3.30. The van der Waals surface area contributed by atoms with Gasteiger partial charge >= 0.3 is 0 Å². The molecule has 2 N–H and O–H groups in total. The molecule has 0 saturated carbocycles. The average molecular weight is 147 g/mol. The average Bonchev–Trinajstić information content (AvgIpc) is 1.69. The molecule has 0 aliphatic rings. The summed E-state index contributed by atoms with van der Waals surface area (Å²) in [5.74, 6) is 0. The lowest BCUT2D eigenvalue weighted by Gasteiger charge is -1.91. The molecule has 0 aliphatic heterocycles. The van der Waals surface area contributed by atoms with Crippen molar-refractivity contribution in [2.45, 2.75) is 19.0 Å². The number of hydrogen-bond donors (Lipinski definition) is 1. The lowest BCUT2D eigenvalue weighted by atomic mass is 10.5. The number of hydrogen-bond acceptors (Lipinski definition) is 2. The third-order valence-electron chi connectivity index (χ3n) is 0.644. The van der Waals surface area contributed by atoms with Crippen LogP contribution in [-0.4, -0.2) is 20.9 Å². The van der Waals surface area contributed by atoms with Gasteiger partial charge in [-0.2, -0.15) is 0 Å². The predicted molar refractivity (Wildman–Crippen MR) is 46.4 cm³/mol. The molecular formula is C5H13NSSi. The van der Waals surface area contributed by atoms with Crippen molar-refractivity contribution < 1.29 is 0 Å². The van der Waals surface area contributed by atoms with E-state index in [1.807, 2.05) is 0 Å². The van der Waals surface area contributed by atoms with Gasteiger partial charge in [0.25, 0.3) is 0 Å². The van der Waals surface area contributed by atoms with Gasteiger partial charge < -0.3 is 5.73 Å². The van der Waals surface area contributed by atoms with Gasteiger partial charge in [0.05, 0.1) is 0 Å². The highest BCUT2D eigenvalue weighted by molar-refractivity contribution is 7.78. The first-order valence-electron chi connectivity index (χ1n) is 2.58. The fourth-order valence-corrected chi connectivity index (χ4v) is 0. The first kappa shape index (κ1) is 10.9. The summed E-state index contributed by atoms with van der Waals surface area (Å²) in [6.07, 6.45) is 1.15. The van der Waals surface area contributed by atoms with Crippen LogP contribution in [0.15, 0.2) is 6.58 Å². The minimum absolute atomic E-state index is 0.523. The molecular weight excluding hydrogens is 134 g/mol. The second kappa shape index (κ2) is 10.1. The van der Waals surface area contributed by atoms with Crippen molar-refractivity contribution in [3.05, 3.63) is 6.58 Å². The Bertz CT molecular complexity index is 66.8. The third kappa shape index (κ3) is 36.8. The van der Waals surface area contributed by atoms with E-state index < -0.39 is 0 Å². The van der Waals surface area contributed by atoms with Gasteiger partial charge in [-0.3, -0.25) is 0 Å². The van der Waals surface area contributed by atoms with E-state index >= 15 is 0 Å². The minimum atomic E-state index is 0.523. The predicted octanol–water partition coefficient (Wildman–Crippen LogP) is -0.182. The number of rotatable bonds is 1. The van der Waals surface area contributed by atoms with Crippen LogP contribution < -0.4 is 5.73 Å². The fourth-order valence-electron chi connectivity index (χ4n) is 0. The SMILES string of the molecule is C=C=S.CCC(N)[SiH3]. The highest BCUT2D eigenvalue weighted by atomic mass is 32.1. The zero-order valence-corrected chi connectivity index (χ0v) is 8.29. The molecule has 0 bridgehead atoms. The summed E-state index contributed by atoms with van der Waals surface area (Å²) in [4.78, 5) is 0. The quantitative estimate of drug-likeness (QED) is 0.411. The molecule has 48 valence electrons. The molecule has 1 unspecified atom stereocenters. The van der Waals surface area contributed by atoms with E-state index in [1.54, 1.807) is 0 Å². The van der Waals surface area contributed by atoms with Crippen LogP contribution in [0.2, 0.25) is 0 Å². The lowest BCUT2D eigenvalue weighted by Crippen LogP contribution is -2.17. The molecule has 0 radical (unpaired) electrons. The Kier molecular flexibility index (Phi) is 13.8. The molecule has 0 rings (SSSR count). The maximum absolute atomic E-state index is 5.35. The Balaban J connectivity index is 0. The van der Waals surface area contributed by atoms with E-state index in [1.165, 1.54) is 0 Å². The number of nitrogens with two attached hydrogens (primary N) is 1. The van der Waals surface area contributed by atoms with Crippen molar-refractivity contribution in [3.8, 4) is 0 Å². The monoisotopic (exact) mass is 147 g/mol. The third-order valence-corrected chi connectivity index (χ3v) is 1.46. The smallest absolute Gasteiger partial charge is 0.0238 e. The summed E-state index contributed by atoms with van der Waals surface area (Å²) in [7, 11) is 1.15. The van der Waals surface area contributed by atoms with Crippen LogP contribution in [0.3, 0.4) is 0 Å². The van der Waals surface area contributed by atoms with Crippen LogP contribution in [0.1, 0.15) is 13.3 Å². The van der Waals surface area contributed by atoms with Crippen LogP contribution in [0.25, 0.3) is 0 Å². The zero-order valence-electron chi connectivity index (χ0n) is 5.48. The number of thiocarbonyl (C=S) groups is 1. The summed E-state index contributed by atoms with van der Waals surface area (Å²) in [5.41, 5.74) is 5.88. The maximum atomic E-state index is 5.35. The van der Waals surface area contributed by atoms with E-state index in [-0.39, 0.29) is 0 Å². The molecule has 0 aliphatic carbocycles. The van der Waals surface area contributed by atoms with Gasteiger partial charge in [0.15, 0.2) is 0 Å². The first-order valence-corrected chi connectivity index (χ1v) is 4.15. The lowest BCUT2D eigenvalue weighted by molar-refractivity contribution is 0.856. The molecule has 0 aromatic heterocycles. The Morgan fingerprint density at radius 1 is 2.00 bits per heavy atom. The normalized spacial score (nSPS) is 10.8. The Hall–Kier alpha value is 0.0469. The molecule has 0 spiro atoms. The van der Waals surface area contributed by atoms with Gasteiger partial charge in [0.2, 0.25) is 0 Å². The molecule has 1 atom stereocenters. The van der Waals surface area contributed by atoms with Crippen molar-refractivity contribution >= 4 is 27.5 Å². The molecule has 0 amide bonds. The van der Waals surface area contributed by atoms with Gasteiger partial charge in [-0.25, -0.2) is 0 Å². The zero-order chi connectivity index (χ0) is 6.99. The fraction of sp³-hybridized carbons (Fsp3) is 0.600. The standard InChI is InChI=1S/C3H11NSi.C2H2S/c1-2-3(4)5;1-2-3/h3H,2,4H2,1,5H3;1H2. The van der Waals surface area contributed by atoms with Crippen LogP contribution in [0.4, 0.5) is 0 Å². The molecule has 0 aromatic carbocycles. The van der Waals surface area contributed by atoms with Crippen molar-refractivity contribution in [2.24, 2.45) is 5.73 Å². The molecule has 0 heterocycles. The van der Waals surface area contributed by atoms with Gasteiger partial charge in [0.1, 0.15) is 0 Å². The first-order chi connectivity index (χ1) is 3.68. The summed E-state index contributed by atoms with van der Waals surface area (Å²) in [6, 6.07) is 0. The molecule has 0 aromatic rings. The van der Waals surface area contributed by atoms with Crippen molar-refractivity contribution in [1.82, 2.24) is 0 Å². The largest absolute Gasteiger partial charge is 0.331 e. The van der Waals surface area contributed by atoms with Crippen LogP contribution in [0, 0.1) is 0 Å². The topological polar surface area (TPSA) is 26.0 Å². The Morgan fingerprint density at radius 3 is 2.12 bits per heavy atom. The summed E-state index contributed by atoms with van der Waals surface area (Å²) >= 11 is 4.03. The van der Waals surface area contributed by atoms with E-state index in [0.29, 0.717) is 5.67 Å². The van der Waals surface area contributed by atoms with Crippen LogP contribution in [0.5, 0.6) is 0 Å². The van der Waals surface area contributed by atoms with E-state index in [2.05, 4.69) is 30.7 Å².